The molecule has 0 aliphatic rings. The zero-order chi connectivity index (χ0) is 15.8. The lowest BCUT2D eigenvalue weighted by atomic mass is 9.93. The smallest absolute Gasteiger partial charge is 0.310 e. The molecule has 0 spiro atoms. The second kappa shape index (κ2) is 8.25. The van der Waals surface area contributed by atoms with Crippen LogP contribution in [-0.2, 0) is 16.0 Å². The van der Waals surface area contributed by atoms with E-state index in [-0.39, 0.29) is 5.92 Å². The molecule has 0 unspecified atom stereocenters. The predicted molar refractivity (Wildman–Crippen MR) is 81.0 cm³/mol. The minimum Gasteiger partial charge on any atom is -0.481 e. The van der Waals surface area contributed by atoms with E-state index in [1.165, 1.54) is 12.2 Å². The molecule has 0 aromatic heterocycles. The number of rotatable bonds is 8. The normalized spacial score (nSPS) is 14.2. The van der Waals surface area contributed by atoms with Crippen molar-refractivity contribution in [3.05, 3.63) is 48.0 Å². The van der Waals surface area contributed by atoms with Gasteiger partial charge in [0.05, 0.1) is 11.8 Å². The van der Waals surface area contributed by atoms with Crippen molar-refractivity contribution in [2.75, 3.05) is 0 Å². The number of hydrogen-bond acceptors (Lipinski definition) is 2. The lowest BCUT2D eigenvalue weighted by Gasteiger charge is -2.12. The maximum absolute atomic E-state index is 11.3. The van der Waals surface area contributed by atoms with Crippen molar-refractivity contribution in [3.8, 4) is 0 Å². The summed E-state index contributed by atoms with van der Waals surface area (Å²) >= 11 is 0. The van der Waals surface area contributed by atoms with Crippen LogP contribution in [0.25, 0.3) is 0 Å². The fraction of sp³-hybridized carbons (Fsp3) is 0.412. The Bertz CT molecular complexity index is 491. The van der Waals surface area contributed by atoms with E-state index in [2.05, 4.69) is 0 Å². The van der Waals surface area contributed by atoms with Gasteiger partial charge in [-0.2, -0.15) is 0 Å². The lowest BCUT2D eigenvalue weighted by Crippen LogP contribution is -2.17. The maximum atomic E-state index is 11.3. The average molecular weight is 290 g/mol. The van der Waals surface area contributed by atoms with Crippen LogP contribution >= 0.6 is 0 Å². The van der Waals surface area contributed by atoms with Gasteiger partial charge in [0.2, 0.25) is 0 Å². The molecule has 0 bridgehead atoms. The van der Waals surface area contributed by atoms with Crippen LogP contribution in [0.4, 0.5) is 0 Å². The number of aliphatic carboxylic acids is 2. The Morgan fingerprint density at radius 1 is 1.00 bits per heavy atom. The molecule has 1 aromatic rings. The molecule has 1 rings (SSSR count). The van der Waals surface area contributed by atoms with Gasteiger partial charge in [-0.1, -0.05) is 56.3 Å². The largest absolute Gasteiger partial charge is 0.481 e. The molecule has 2 N–H and O–H groups in total. The zero-order valence-electron chi connectivity index (χ0n) is 12.4. The Morgan fingerprint density at radius 3 is 2.00 bits per heavy atom. The topological polar surface area (TPSA) is 74.6 Å². The van der Waals surface area contributed by atoms with Crippen LogP contribution in [0, 0.1) is 17.8 Å². The lowest BCUT2D eigenvalue weighted by molar-refractivity contribution is -0.141. The predicted octanol–water partition coefficient (Wildman–Crippen LogP) is 3.23. The van der Waals surface area contributed by atoms with Crippen LogP contribution in [0.1, 0.15) is 25.8 Å². The molecule has 0 radical (unpaired) electrons. The number of carboxylic acid groups (broad SMARTS) is 2. The number of carbonyl (C=O) groups is 2. The fourth-order valence-electron chi connectivity index (χ4n) is 2.14. The highest BCUT2D eigenvalue weighted by atomic mass is 16.4. The van der Waals surface area contributed by atoms with Crippen LogP contribution in [-0.4, -0.2) is 22.2 Å². The van der Waals surface area contributed by atoms with Crippen molar-refractivity contribution in [3.63, 3.8) is 0 Å². The summed E-state index contributed by atoms with van der Waals surface area (Å²) in [6.45, 7) is 3.89. The third kappa shape index (κ3) is 6.25. The molecule has 4 heteroatoms. The summed E-state index contributed by atoms with van der Waals surface area (Å²) in [6.07, 6.45) is 3.89. The number of carboxylic acids is 2. The summed E-state index contributed by atoms with van der Waals surface area (Å²) in [5.41, 5.74) is 0.922. The first kappa shape index (κ1) is 17.0. The first-order valence-corrected chi connectivity index (χ1v) is 7.08. The number of hydrogen-bond donors (Lipinski definition) is 2. The van der Waals surface area contributed by atoms with E-state index < -0.39 is 23.8 Å². The summed E-state index contributed by atoms with van der Waals surface area (Å²) in [6, 6.07) is 9.32. The minimum atomic E-state index is -0.941. The van der Waals surface area contributed by atoms with Crippen LogP contribution < -0.4 is 0 Å². The SMILES string of the molecule is CC(C)C[C@@H](/C=C/[C@H](Cc1ccccc1)C(=O)O)C(=O)O. The highest BCUT2D eigenvalue weighted by Crippen LogP contribution is 2.17. The molecular formula is C17H22O4. The Balaban J connectivity index is 2.79. The third-order valence-electron chi connectivity index (χ3n) is 3.23. The first-order valence-electron chi connectivity index (χ1n) is 7.08. The van der Waals surface area contributed by atoms with Crippen LogP contribution in [0.3, 0.4) is 0 Å². The third-order valence-corrected chi connectivity index (χ3v) is 3.23. The molecule has 2 atom stereocenters. The van der Waals surface area contributed by atoms with Crippen LogP contribution in [0.5, 0.6) is 0 Å². The van der Waals surface area contributed by atoms with Crippen molar-refractivity contribution in [1.82, 2.24) is 0 Å². The monoisotopic (exact) mass is 290 g/mol. The molecule has 4 nitrogen and oxygen atoms in total. The summed E-state index contributed by atoms with van der Waals surface area (Å²) in [5.74, 6) is -2.95. The quantitative estimate of drug-likeness (QED) is 0.721. The molecule has 114 valence electrons. The van der Waals surface area contributed by atoms with E-state index in [1.807, 2.05) is 44.2 Å². The summed E-state index contributed by atoms with van der Waals surface area (Å²) in [4.78, 5) is 22.5. The van der Waals surface area contributed by atoms with Crippen molar-refractivity contribution in [1.29, 1.82) is 0 Å². The van der Waals surface area contributed by atoms with E-state index in [9.17, 15) is 14.7 Å². The molecule has 0 amide bonds. The van der Waals surface area contributed by atoms with Crippen LogP contribution in [0.2, 0.25) is 0 Å². The molecule has 0 heterocycles. The van der Waals surface area contributed by atoms with Crippen molar-refractivity contribution < 1.29 is 19.8 Å². The zero-order valence-corrected chi connectivity index (χ0v) is 12.4. The Kier molecular flexibility index (Phi) is 6.66. The van der Waals surface area contributed by atoms with Gasteiger partial charge in [-0.15, -0.1) is 0 Å². The highest BCUT2D eigenvalue weighted by Gasteiger charge is 2.19. The van der Waals surface area contributed by atoms with Gasteiger partial charge in [0.15, 0.2) is 0 Å². The molecule has 0 aliphatic heterocycles. The van der Waals surface area contributed by atoms with Gasteiger partial charge < -0.3 is 10.2 Å². The fourth-order valence-corrected chi connectivity index (χ4v) is 2.14. The Labute approximate surface area is 125 Å². The molecular weight excluding hydrogens is 268 g/mol. The Hall–Kier alpha value is -2.10. The van der Waals surface area contributed by atoms with Crippen molar-refractivity contribution in [2.24, 2.45) is 17.8 Å². The Morgan fingerprint density at radius 2 is 1.52 bits per heavy atom. The highest BCUT2D eigenvalue weighted by molar-refractivity contribution is 5.74. The van der Waals surface area contributed by atoms with E-state index in [1.54, 1.807) is 0 Å². The first-order chi connectivity index (χ1) is 9.90. The van der Waals surface area contributed by atoms with Crippen molar-refractivity contribution >= 4 is 11.9 Å². The van der Waals surface area contributed by atoms with E-state index in [0.717, 1.165) is 5.56 Å². The second-order valence-electron chi connectivity index (χ2n) is 5.59. The molecule has 1 aromatic carbocycles. The van der Waals surface area contributed by atoms with Gasteiger partial charge in [-0.05, 0) is 24.3 Å². The maximum Gasteiger partial charge on any atom is 0.310 e. The molecule has 0 saturated carbocycles. The van der Waals surface area contributed by atoms with Gasteiger partial charge in [0.25, 0.3) is 0 Å². The molecule has 0 saturated heterocycles. The number of benzene rings is 1. The molecule has 0 aliphatic carbocycles. The van der Waals surface area contributed by atoms with Gasteiger partial charge in [0, 0.05) is 0 Å². The van der Waals surface area contributed by atoms with Gasteiger partial charge in [-0.25, -0.2) is 0 Å². The van der Waals surface area contributed by atoms with Crippen LogP contribution in [0.15, 0.2) is 42.5 Å². The van der Waals surface area contributed by atoms with Gasteiger partial charge in [0.1, 0.15) is 0 Å². The molecule has 0 fully saturated rings. The standard InChI is InChI=1S/C17H22O4/c1-12(2)10-14(16(18)19)8-9-15(17(20)21)11-13-6-4-3-5-7-13/h3-9,12,14-15H,10-11H2,1-2H3,(H,18,19)(H,20,21)/b9-8+/t14-,15-/m1/s1. The molecule has 21 heavy (non-hydrogen) atoms. The second-order valence-corrected chi connectivity index (χ2v) is 5.59. The van der Waals surface area contributed by atoms with E-state index in [0.29, 0.717) is 12.8 Å². The van der Waals surface area contributed by atoms with E-state index in [4.69, 9.17) is 5.11 Å². The average Bonchev–Trinajstić information content (AvgIpc) is 2.42. The summed E-state index contributed by atoms with van der Waals surface area (Å²) < 4.78 is 0. The minimum absolute atomic E-state index is 0.244. The summed E-state index contributed by atoms with van der Waals surface area (Å²) in [7, 11) is 0. The van der Waals surface area contributed by atoms with Crippen molar-refractivity contribution in [2.45, 2.75) is 26.7 Å². The summed E-state index contributed by atoms with van der Waals surface area (Å²) in [5, 5.41) is 18.4. The van der Waals surface area contributed by atoms with Gasteiger partial charge in [-0.3, -0.25) is 9.59 Å². The van der Waals surface area contributed by atoms with Gasteiger partial charge >= 0.3 is 11.9 Å². The van der Waals surface area contributed by atoms with E-state index >= 15 is 0 Å².